The second-order valence-corrected chi connectivity index (χ2v) is 7.88. The first-order chi connectivity index (χ1) is 11.6. The Morgan fingerprint density at radius 2 is 1.80 bits per heavy atom. The number of carbonyl (C=O) groups is 4. The van der Waals surface area contributed by atoms with Gasteiger partial charge in [-0.05, 0) is 40.5 Å². The summed E-state index contributed by atoms with van der Waals surface area (Å²) in [5.74, 6) is -1.37. The highest BCUT2D eigenvalue weighted by atomic mass is 16.5. The predicted octanol–water partition coefficient (Wildman–Crippen LogP) is 2.33. The van der Waals surface area contributed by atoms with Gasteiger partial charge in [-0.25, -0.2) is 4.79 Å². The maximum Gasteiger partial charge on any atom is 0.333 e. The molecular weight excluding hydrogens is 324 g/mol. The summed E-state index contributed by atoms with van der Waals surface area (Å²) in [7, 11) is 0. The van der Waals surface area contributed by atoms with Crippen LogP contribution < -0.4 is 0 Å². The van der Waals surface area contributed by atoms with E-state index in [2.05, 4.69) is 0 Å². The minimum absolute atomic E-state index is 0.0992. The third kappa shape index (κ3) is 3.70. The molecule has 0 spiro atoms. The minimum atomic E-state index is -1.04. The number of ether oxygens (including phenoxy) is 1. The van der Waals surface area contributed by atoms with Crippen molar-refractivity contribution in [2.24, 2.45) is 11.3 Å². The molecule has 4 amide bonds. The van der Waals surface area contributed by atoms with Crippen molar-refractivity contribution in [3.05, 3.63) is 0 Å². The van der Waals surface area contributed by atoms with E-state index in [4.69, 9.17) is 4.74 Å². The van der Waals surface area contributed by atoms with Gasteiger partial charge in [0, 0.05) is 13.0 Å². The topological polar surface area (TPSA) is 84.0 Å². The molecule has 1 aliphatic carbocycles. The van der Waals surface area contributed by atoms with Crippen LogP contribution in [0.1, 0.15) is 60.3 Å². The summed E-state index contributed by atoms with van der Waals surface area (Å²) in [5.41, 5.74) is -1.04. The van der Waals surface area contributed by atoms with Gasteiger partial charge < -0.3 is 4.74 Å². The highest BCUT2D eigenvalue weighted by Crippen LogP contribution is 2.37. The number of hydrogen-bond donors (Lipinski definition) is 0. The van der Waals surface area contributed by atoms with E-state index in [1.807, 2.05) is 0 Å². The Bertz CT molecular complexity index is 584. The lowest BCUT2D eigenvalue weighted by atomic mass is 9.79. The molecule has 7 nitrogen and oxygen atoms in total. The first-order valence-electron chi connectivity index (χ1n) is 8.92. The fourth-order valence-corrected chi connectivity index (χ4v) is 3.62. The van der Waals surface area contributed by atoms with Gasteiger partial charge in [0.2, 0.25) is 11.8 Å². The van der Waals surface area contributed by atoms with E-state index in [1.165, 1.54) is 16.7 Å². The molecule has 140 valence electrons. The molecule has 2 fully saturated rings. The Kier molecular flexibility index (Phi) is 5.54. The third-order valence-corrected chi connectivity index (χ3v) is 4.98. The number of imide groups is 2. The van der Waals surface area contributed by atoms with Crippen LogP contribution in [0.4, 0.5) is 4.79 Å². The van der Waals surface area contributed by atoms with Gasteiger partial charge in [0.25, 0.3) is 0 Å². The third-order valence-electron chi connectivity index (χ3n) is 4.98. The van der Waals surface area contributed by atoms with Crippen LogP contribution in [-0.2, 0) is 19.1 Å². The number of hydrogen-bond acceptors (Lipinski definition) is 5. The van der Waals surface area contributed by atoms with Crippen LogP contribution in [-0.4, -0.2) is 52.3 Å². The van der Waals surface area contributed by atoms with E-state index in [1.54, 1.807) is 27.7 Å². The molecule has 1 heterocycles. The Labute approximate surface area is 148 Å². The van der Waals surface area contributed by atoms with Gasteiger partial charge >= 0.3 is 12.0 Å². The van der Waals surface area contributed by atoms with Crippen molar-refractivity contribution in [1.82, 2.24) is 9.80 Å². The van der Waals surface area contributed by atoms with Crippen LogP contribution in [0.3, 0.4) is 0 Å². The second kappa shape index (κ2) is 7.14. The maximum atomic E-state index is 13.1. The molecule has 1 saturated heterocycles. The first kappa shape index (κ1) is 19.4. The van der Waals surface area contributed by atoms with E-state index < -0.39 is 29.4 Å². The van der Waals surface area contributed by atoms with Crippen LogP contribution in [0, 0.1) is 11.3 Å². The molecular formula is C18H28N2O5. The van der Waals surface area contributed by atoms with E-state index >= 15 is 0 Å². The molecule has 2 unspecified atom stereocenters. The highest BCUT2D eigenvalue weighted by Gasteiger charge is 2.52. The standard InChI is InChI=1S/C18H28N2O5/c1-11(2)19-15(22)13-8-6-7-9-14(13)20(17(19)24)16(23)18(4,5)10-25-12(3)21/h11,13-14H,6-10H2,1-5H3. The largest absolute Gasteiger partial charge is 0.465 e. The molecule has 0 N–H and O–H groups in total. The van der Waals surface area contributed by atoms with Gasteiger partial charge in [-0.2, -0.15) is 0 Å². The normalized spacial score (nSPS) is 24.4. The Morgan fingerprint density at radius 3 is 2.36 bits per heavy atom. The van der Waals surface area contributed by atoms with Crippen molar-refractivity contribution in [2.75, 3.05) is 6.61 Å². The number of esters is 1. The van der Waals surface area contributed by atoms with E-state index in [0.29, 0.717) is 12.8 Å². The summed E-state index contributed by atoms with van der Waals surface area (Å²) in [5, 5.41) is 0. The summed E-state index contributed by atoms with van der Waals surface area (Å²) >= 11 is 0. The second-order valence-electron chi connectivity index (χ2n) is 7.88. The van der Waals surface area contributed by atoms with Crippen LogP contribution >= 0.6 is 0 Å². The van der Waals surface area contributed by atoms with Gasteiger partial charge in [-0.3, -0.25) is 24.2 Å². The summed E-state index contributed by atoms with van der Waals surface area (Å²) in [4.78, 5) is 52.4. The van der Waals surface area contributed by atoms with Crippen molar-refractivity contribution in [3.63, 3.8) is 0 Å². The quantitative estimate of drug-likeness (QED) is 0.725. The Hall–Kier alpha value is -1.92. The number of rotatable bonds is 4. The minimum Gasteiger partial charge on any atom is -0.465 e. The van der Waals surface area contributed by atoms with Crippen molar-refractivity contribution in [1.29, 1.82) is 0 Å². The molecule has 0 radical (unpaired) electrons. The fraction of sp³-hybridized carbons (Fsp3) is 0.778. The predicted molar refractivity (Wildman–Crippen MR) is 90.4 cm³/mol. The lowest BCUT2D eigenvalue weighted by molar-refractivity contribution is -0.156. The molecule has 25 heavy (non-hydrogen) atoms. The van der Waals surface area contributed by atoms with Crippen molar-refractivity contribution < 1.29 is 23.9 Å². The van der Waals surface area contributed by atoms with Crippen LogP contribution in [0.5, 0.6) is 0 Å². The van der Waals surface area contributed by atoms with E-state index in [9.17, 15) is 19.2 Å². The smallest absolute Gasteiger partial charge is 0.333 e. The van der Waals surface area contributed by atoms with Gasteiger partial charge in [-0.15, -0.1) is 0 Å². The summed E-state index contributed by atoms with van der Waals surface area (Å²) < 4.78 is 5.01. The molecule has 2 atom stereocenters. The first-order valence-corrected chi connectivity index (χ1v) is 8.92. The van der Waals surface area contributed by atoms with Gasteiger partial charge in [0.1, 0.15) is 6.61 Å². The van der Waals surface area contributed by atoms with Crippen molar-refractivity contribution in [3.8, 4) is 0 Å². The molecule has 7 heteroatoms. The summed E-state index contributed by atoms with van der Waals surface area (Å²) in [6.07, 6.45) is 3.14. The molecule has 0 aromatic rings. The maximum absolute atomic E-state index is 13.1. The molecule has 1 saturated carbocycles. The van der Waals surface area contributed by atoms with Crippen LogP contribution in [0.15, 0.2) is 0 Å². The molecule has 2 rings (SSSR count). The highest BCUT2D eigenvalue weighted by molar-refractivity contribution is 6.07. The molecule has 2 aliphatic rings. The fourth-order valence-electron chi connectivity index (χ4n) is 3.62. The van der Waals surface area contributed by atoms with Gasteiger partial charge in [0.05, 0.1) is 17.4 Å². The Balaban J connectivity index is 2.34. The average molecular weight is 352 g/mol. The van der Waals surface area contributed by atoms with Gasteiger partial charge in [-0.1, -0.05) is 12.8 Å². The molecule has 0 bridgehead atoms. The summed E-state index contributed by atoms with van der Waals surface area (Å²) in [6.45, 7) is 8.02. The number of fused-ring (bicyclic) bond motifs is 1. The zero-order valence-electron chi connectivity index (χ0n) is 15.7. The molecule has 0 aromatic carbocycles. The zero-order valence-corrected chi connectivity index (χ0v) is 15.7. The summed E-state index contributed by atoms with van der Waals surface area (Å²) in [6, 6.07) is -1.26. The lowest BCUT2D eigenvalue weighted by Crippen LogP contribution is -2.67. The van der Waals surface area contributed by atoms with Crippen molar-refractivity contribution >= 4 is 23.8 Å². The Morgan fingerprint density at radius 1 is 1.20 bits per heavy atom. The molecule has 1 aliphatic heterocycles. The SMILES string of the molecule is CC(=O)OCC(C)(C)C(=O)N1C(=O)N(C(C)C)C(=O)C2CCCCC21. The monoisotopic (exact) mass is 352 g/mol. The lowest BCUT2D eigenvalue weighted by Gasteiger charge is -2.48. The molecule has 0 aromatic heterocycles. The number of amides is 4. The van der Waals surface area contributed by atoms with Crippen molar-refractivity contribution in [2.45, 2.75) is 72.4 Å². The van der Waals surface area contributed by atoms with Crippen LogP contribution in [0.25, 0.3) is 0 Å². The number of urea groups is 1. The average Bonchev–Trinajstić information content (AvgIpc) is 2.52. The van der Waals surface area contributed by atoms with E-state index in [-0.39, 0.29) is 24.5 Å². The number of nitrogens with zero attached hydrogens (tertiary/aromatic N) is 2. The van der Waals surface area contributed by atoms with Crippen LogP contribution in [0.2, 0.25) is 0 Å². The zero-order chi connectivity index (χ0) is 18.9. The van der Waals surface area contributed by atoms with Gasteiger partial charge in [0.15, 0.2) is 0 Å². The number of carbonyl (C=O) groups excluding carboxylic acids is 4. The van der Waals surface area contributed by atoms with E-state index in [0.717, 1.165) is 12.8 Å².